The van der Waals surface area contributed by atoms with Gasteiger partial charge in [0.2, 0.25) is 6.04 Å². The van der Waals surface area contributed by atoms with Crippen LogP contribution in [-0.4, -0.2) is 11.0 Å². The molecule has 0 fully saturated rings. The van der Waals surface area contributed by atoms with E-state index in [9.17, 15) is 10.1 Å². The lowest BCUT2D eigenvalue weighted by molar-refractivity contribution is -0.523. The van der Waals surface area contributed by atoms with Crippen LogP contribution in [0.4, 0.5) is 0 Å². The average molecular weight is 142 g/mol. The van der Waals surface area contributed by atoms with Gasteiger partial charge in [-0.15, -0.1) is 0 Å². The Bertz CT molecular complexity index is 177. The molecule has 0 bridgehead atoms. The summed E-state index contributed by atoms with van der Waals surface area (Å²) in [4.78, 5) is 9.96. The zero-order valence-electron chi connectivity index (χ0n) is 5.62. The lowest BCUT2D eigenvalue weighted by Crippen LogP contribution is -2.22. The Morgan fingerprint density at radius 1 is 1.80 bits per heavy atom. The summed E-state index contributed by atoms with van der Waals surface area (Å²) in [6.45, 7) is 0. The molecule has 56 valence electrons. The van der Waals surface area contributed by atoms with E-state index in [1.807, 2.05) is 0 Å². The third-order valence-corrected chi connectivity index (χ3v) is 1.72. The molecule has 0 aromatic carbocycles. The van der Waals surface area contributed by atoms with Crippen LogP contribution in [0.5, 0.6) is 0 Å². The predicted molar refractivity (Wildman–Crippen MR) is 36.9 cm³/mol. The van der Waals surface area contributed by atoms with E-state index in [1.54, 1.807) is 6.08 Å². The fourth-order valence-corrected chi connectivity index (χ4v) is 1.03. The number of hydrogen-bond acceptors (Lipinski definition) is 3. The molecule has 0 spiro atoms. The van der Waals surface area contributed by atoms with E-state index < -0.39 is 6.04 Å². The highest BCUT2D eigenvalue weighted by molar-refractivity contribution is 5.01. The Hall–Kier alpha value is -1.06. The zero-order valence-corrected chi connectivity index (χ0v) is 5.62. The number of nitrogens with two attached hydrogens (primary N) is 1. The topological polar surface area (TPSA) is 69.2 Å². The van der Waals surface area contributed by atoms with Crippen LogP contribution in [-0.2, 0) is 0 Å². The molecule has 0 radical (unpaired) electrons. The number of nitro groups is 1. The minimum absolute atomic E-state index is 0.233. The van der Waals surface area contributed by atoms with Gasteiger partial charge in [-0.05, 0) is 6.42 Å². The monoisotopic (exact) mass is 142 g/mol. The maximum absolute atomic E-state index is 10.2. The molecule has 2 N–H and O–H groups in total. The first-order chi connectivity index (χ1) is 4.70. The minimum Gasteiger partial charge on any atom is -0.402 e. The highest BCUT2D eigenvalue weighted by Gasteiger charge is 2.21. The SMILES string of the molecule is NC1=CCC([N+](=O)[O-])CC1. The van der Waals surface area contributed by atoms with Crippen molar-refractivity contribution in [1.82, 2.24) is 0 Å². The first-order valence-electron chi connectivity index (χ1n) is 3.28. The van der Waals surface area contributed by atoms with Crippen molar-refractivity contribution in [3.05, 3.63) is 21.9 Å². The quantitative estimate of drug-likeness (QED) is 0.432. The molecule has 0 saturated heterocycles. The molecule has 4 heteroatoms. The van der Waals surface area contributed by atoms with Gasteiger partial charge in [0, 0.05) is 23.5 Å². The summed E-state index contributed by atoms with van der Waals surface area (Å²) in [6, 6.07) is -0.396. The van der Waals surface area contributed by atoms with Crippen molar-refractivity contribution >= 4 is 0 Å². The molecular formula is C6H10N2O2. The highest BCUT2D eigenvalue weighted by atomic mass is 16.6. The lowest BCUT2D eigenvalue weighted by Gasteiger charge is -2.12. The van der Waals surface area contributed by atoms with Crippen LogP contribution in [0.25, 0.3) is 0 Å². The van der Waals surface area contributed by atoms with Crippen LogP contribution in [0.3, 0.4) is 0 Å². The molecule has 0 amide bonds. The molecule has 1 aliphatic rings. The molecule has 1 rings (SSSR count). The van der Waals surface area contributed by atoms with Gasteiger partial charge in [-0.2, -0.15) is 0 Å². The van der Waals surface area contributed by atoms with Gasteiger partial charge in [0.1, 0.15) is 0 Å². The summed E-state index contributed by atoms with van der Waals surface area (Å²) in [5.74, 6) is 0. The van der Waals surface area contributed by atoms with E-state index in [2.05, 4.69) is 0 Å². The van der Waals surface area contributed by atoms with Crippen LogP contribution in [0.2, 0.25) is 0 Å². The van der Waals surface area contributed by atoms with Gasteiger partial charge in [0.15, 0.2) is 0 Å². The molecule has 4 nitrogen and oxygen atoms in total. The van der Waals surface area contributed by atoms with Crippen molar-refractivity contribution in [3.63, 3.8) is 0 Å². The van der Waals surface area contributed by atoms with E-state index in [0.29, 0.717) is 19.3 Å². The molecule has 0 aliphatic heterocycles. The molecule has 0 aromatic heterocycles. The van der Waals surface area contributed by atoms with Gasteiger partial charge in [0.05, 0.1) is 0 Å². The van der Waals surface area contributed by atoms with E-state index in [4.69, 9.17) is 5.73 Å². The largest absolute Gasteiger partial charge is 0.402 e. The van der Waals surface area contributed by atoms with Crippen molar-refractivity contribution in [2.75, 3.05) is 0 Å². The van der Waals surface area contributed by atoms with E-state index in [0.717, 1.165) is 5.70 Å². The summed E-state index contributed by atoms with van der Waals surface area (Å²) < 4.78 is 0. The summed E-state index contributed by atoms with van der Waals surface area (Å²) in [5.41, 5.74) is 6.23. The van der Waals surface area contributed by atoms with Crippen LogP contribution in [0.1, 0.15) is 19.3 Å². The minimum atomic E-state index is -0.396. The molecule has 0 heterocycles. The number of rotatable bonds is 1. The van der Waals surface area contributed by atoms with Gasteiger partial charge in [-0.25, -0.2) is 0 Å². The summed E-state index contributed by atoms with van der Waals surface area (Å²) in [5, 5.41) is 10.2. The Balaban J connectivity index is 2.50. The molecule has 1 unspecified atom stereocenters. The number of nitrogens with zero attached hydrogens (tertiary/aromatic N) is 1. The Morgan fingerprint density at radius 3 is 2.90 bits per heavy atom. The van der Waals surface area contributed by atoms with E-state index in [1.165, 1.54) is 0 Å². The summed E-state index contributed by atoms with van der Waals surface area (Å²) in [7, 11) is 0. The Kier molecular flexibility index (Phi) is 1.89. The number of hydrogen-bond donors (Lipinski definition) is 1. The second kappa shape index (κ2) is 2.68. The molecule has 0 saturated carbocycles. The highest BCUT2D eigenvalue weighted by Crippen LogP contribution is 2.16. The van der Waals surface area contributed by atoms with Crippen LogP contribution in [0.15, 0.2) is 11.8 Å². The predicted octanol–water partition coefficient (Wildman–Crippen LogP) is 0.658. The molecule has 1 atom stereocenters. The van der Waals surface area contributed by atoms with Crippen molar-refractivity contribution in [1.29, 1.82) is 0 Å². The smallest absolute Gasteiger partial charge is 0.217 e. The van der Waals surface area contributed by atoms with Gasteiger partial charge in [0.25, 0.3) is 0 Å². The standard InChI is InChI=1S/C6H10N2O2/c7-5-1-3-6(4-2-5)8(9)10/h1,6H,2-4,7H2. The van der Waals surface area contributed by atoms with E-state index in [-0.39, 0.29) is 4.92 Å². The third-order valence-electron chi connectivity index (χ3n) is 1.72. The normalized spacial score (nSPS) is 25.6. The first kappa shape index (κ1) is 7.05. The number of allylic oxidation sites excluding steroid dienone is 1. The summed E-state index contributed by atoms with van der Waals surface area (Å²) in [6.07, 6.45) is 3.51. The van der Waals surface area contributed by atoms with Crippen molar-refractivity contribution in [2.45, 2.75) is 25.3 Å². The second-order valence-corrected chi connectivity index (χ2v) is 2.49. The van der Waals surface area contributed by atoms with Crippen molar-refractivity contribution in [3.8, 4) is 0 Å². The second-order valence-electron chi connectivity index (χ2n) is 2.49. The molecule has 1 aliphatic carbocycles. The van der Waals surface area contributed by atoms with Crippen LogP contribution >= 0.6 is 0 Å². The van der Waals surface area contributed by atoms with Gasteiger partial charge < -0.3 is 5.73 Å². The fourth-order valence-electron chi connectivity index (χ4n) is 1.03. The van der Waals surface area contributed by atoms with Gasteiger partial charge in [-0.3, -0.25) is 10.1 Å². The third kappa shape index (κ3) is 1.46. The maximum Gasteiger partial charge on any atom is 0.217 e. The zero-order chi connectivity index (χ0) is 7.56. The maximum atomic E-state index is 10.2. The molecule has 10 heavy (non-hydrogen) atoms. The van der Waals surface area contributed by atoms with Crippen LogP contribution < -0.4 is 5.73 Å². The summed E-state index contributed by atoms with van der Waals surface area (Å²) >= 11 is 0. The van der Waals surface area contributed by atoms with Gasteiger partial charge >= 0.3 is 0 Å². The molecular weight excluding hydrogens is 132 g/mol. The Labute approximate surface area is 58.9 Å². The van der Waals surface area contributed by atoms with E-state index >= 15 is 0 Å². The lowest BCUT2D eigenvalue weighted by atomic mass is 10.0. The first-order valence-corrected chi connectivity index (χ1v) is 3.28. The molecule has 0 aromatic rings. The fraction of sp³-hybridized carbons (Fsp3) is 0.667. The Morgan fingerprint density at radius 2 is 2.50 bits per heavy atom. The van der Waals surface area contributed by atoms with Gasteiger partial charge in [-0.1, -0.05) is 6.08 Å². The average Bonchev–Trinajstić information content (AvgIpc) is 1.88. The van der Waals surface area contributed by atoms with Crippen LogP contribution in [0, 0.1) is 10.1 Å². The van der Waals surface area contributed by atoms with Crippen molar-refractivity contribution < 1.29 is 4.92 Å². The van der Waals surface area contributed by atoms with Crippen molar-refractivity contribution in [2.24, 2.45) is 5.73 Å².